The third-order valence-electron chi connectivity index (χ3n) is 2.51. The molecule has 1 rings (SSSR count). The van der Waals surface area contributed by atoms with Crippen molar-refractivity contribution in [2.45, 2.75) is 31.2 Å². The van der Waals surface area contributed by atoms with E-state index in [0.717, 1.165) is 6.07 Å². The predicted molar refractivity (Wildman–Crippen MR) is 71.0 cm³/mol. The van der Waals surface area contributed by atoms with Crippen LogP contribution in [0.4, 0.5) is 10.1 Å². The van der Waals surface area contributed by atoms with Gasteiger partial charge in [-0.05, 0) is 25.5 Å². The van der Waals surface area contributed by atoms with Crippen LogP contribution in [-0.2, 0) is 10.0 Å². The lowest BCUT2D eigenvalue weighted by atomic mass is 10.2. The Kier molecular flexibility index (Phi) is 4.81. The van der Waals surface area contributed by atoms with Crippen molar-refractivity contribution in [2.75, 3.05) is 0 Å². The van der Waals surface area contributed by atoms with Gasteiger partial charge in [0.25, 0.3) is 0 Å². The van der Waals surface area contributed by atoms with Crippen molar-refractivity contribution < 1.29 is 17.7 Å². The third-order valence-corrected chi connectivity index (χ3v) is 4.24. The van der Waals surface area contributed by atoms with E-state index in [9.17, 15) is 22.9 Å². The molecule has 108 valence electrons. The Balaban J connectivity index is 3.29. The van der Waals surface area contributed by atoms with Crippen LogP contribution in [0.1, 0.15) is 18.9 Å². The number of rotatable bonds is 5. The quantitative estimate of drug-likeness (QED) is 0.509. The largest absolute Gasteiger partial charge is 0.306 e. The van der Waals surface area contributed by atoms with Gasteiger partial charge in [-0.1, -0.05) is 0 Å². The topological polar surface area (TPSA) is 89.3 Å². The first-order chi connectivity index (χ1) is 9.19. The lowest BCUT2D eigenvalue weighted by Crippen LogP contribution is -2.32. The summed E-state index contributed by atoms with van der Waals surface area (Å²) in [5.74, 6) is 1.22. The smallest absolute Gasteiger partial charge is 0.258 e. The van der Waals surface area contributed by atoms with Gasteiger partial charge in [-0.25, -0.2) is 13.1 Å². The fourth-order valence-electron chi connectivity index (χ4n) is 1.62. The minimum Gasteiger partial charge on any atom is -0.258 e. The Morgan fingerprint density at radius 1 is 1.55 bits per heavy atom. The SMILES string of the molecule is C#CCC(C)NS(=O)(=O)c1cc([N+](=O)[O-])c(F)cc1C. The van der Waals surface area contributed by atoms with Crippen molar-refractivity contribution in [3.8, 4) is 12.3 Å². The number of nitro benzene ring substituents is 1. The second kappa shape index (κ2) is 5.98. The maximum absolute atomic E-state index is 13.4. The minimum absolute atomic E-state index is 0.0773. The molecule has 1 N–H and O–H groups in total. The Bertz CT molecular complexity index is 679. The van der Waals surface area contributed by atoms with E-state index in [2.05, 4.69) is 10.6 Å². The summed E-state index contributed by atoms with van der Waals surface area (Å²) in [5.41, 5.74) is -0.811. The molecule has 0 aliphatic heterocycles. The molecule has 8 heteroatoms. The number of nitrogens with zero attached hydrogens (tertiary/aromatic N) is 1. The molecule has 0 bridgehead atoms. The number of benzene rings is 1. The van der Waals surface area contributed by atoms with Crippen LogP contribution in [-0.4, -0.2) is 19.4 Å². The molecule has 0 aliphatic carbocycles. The van der Waals surface area contributed by atoms with Gasteiger partial charge in [-0.15, -0.1) is 12.3 Å². The second-order valence-electron chi connectivity index (χ2n) is 4.26. The van der Waals surface area contributed by atoms with E-state index in [0.29, 0.717) is 6.07 Å². The molecular formula is C12H13FN2O4S. The Labute approximate surface area is 116 Å². The normalized spacial score (nSPS) is 12.7. The van der Waals surface area contributed by atoms with Gasteiger partial charge in [0, 0.05) is 18.5 Å². The van der Waals surface area contributed by atoms with Crippen molar-refractivity contribution in [1.29, 1.82) is 0 Å². The molecule has 1 atom stereocenters. The molecule has 6 nitrogen and oxygen atoms in total. The van der Waals surface area contributed by atoms with Crippen molar-refractivity contribution in [3.05, 3.63) is 33.6 Å². The molecule has 1 aromatic rings. The molecule has 0 aromatic heterocycles. The second-order valence-corrected chi connectivity index (χ2v) is 5.94. The average molecular weight is 300 g/mol. The van der Waals surface area contributed by atoms with Gasteiger partial charge in [0.1, 0.15) is 0 Å². The first-order valence-electron chi connectivity index (χ1n) is 5.59. The van der Waals surface area contributed by atoms with Crippen LogP contribution in [0.3, 0.4) is 0 Å². The zero-order valence-corrected chi connectivity index (χ0v) is 11.7. The number of terminal acetylenes is 1. The molecule has 20 heavy (non-hydrogen) atoms. The highest BCUT2D eigenvalue weighted by Crippen LogP contribution is 2.25. The molecular weight excluding hydrogens is 287 g/mol. The molecule has 0 amide bonds. The molecule has 1 aromatic carbocycles. The van der Waals surface area contributed by atoms with E-state index in [1.165, 1.54) is 6.92 Å². The van der Waals surface area contributed by atoms with Gasteiger partial charge in [-0.3, -0.25) is 10.1 Å². The molecule has 0 heterocycles. The predicted octanol–water partition coefficient (Wildman–Crippen LogP) is 1.73. The molecule has 0 aliphatic rings. The standard InChI is InChI=1S/C12H13FN2O4S/c1-4-5-9(3)14-20(18,19)12-7-11(15(16)17)10(13)6-8(12)2/h1,6-7,9,14H,5H2,2-3H3. The summed E-state index contributed by atoms with van der Waals surface area (Å²) in [6, 6.07) is 0.988. The van der Waals surface area contributed by atoms with Crippen LogP contribution in [0.2, 0.25) is 0 Å². The van der Waals surface area contributed by atoms with Crippen LogP contribution in [0.5, 0.6) is 0 Å². The Morgan fingerprint density at radius 2 is 2.15 bits per heavy atom. The van der Waals surface area contributed by atoms with Crippen molar-refractivity contribution in [3.63, 3.8) is 0 Å². The average Bonchev–Trinajstić information content (AvgIpc) is 2.27. The molecule has 0 saturated heterocycles. The van der Waals surface area contributed by atoms with E-state index in [1.807, 2.05) is 0 Å². The van der Waals surface area contributed by atoms with Gasteiger partial charge in [0.2, 0.25) is 15.8 Å². The molecule has 0 fully saturated rings. The monoisotopic (exact) mass is 300 g/mol. The maximum atomic E-state index is 13.4. The highest BCUT2D eigenvalue weighted by Gasteiger charge is 2.25. The van der Waals surface area contributed by atoms with Gasteiger partial charge in [-0.2, -0.15) is 4.39 Å². The fraction of sp³-hybridized carbons (Fsp3) is 0.333. The lowest BCUT2D eigenvalue weighted by molar-refractivity contribution is -0.387. The Morgan fingerprint density at radius 3 is 2.65 bits per heavy atom. The molecule has 0 spiro atoms. The van der Waals surface area contributed by atoms with E-state index in [4.69, 9.17) is 6.42 Å². The summed E-state index contributed by atoms with van der Waals surface area (Å²) >= 11 is 0. The van der Waals surface area contributed by atoms with E-state index >= 15 is 0 Å². The number of sulfonamides is 1. The summed E-state index contributed by atoms with van der Waals surface area (Å²) in [7, 11) is -4.00. The zero-order valence-electron chi connectivity index (χ0n) is 10.9. The molecule has 0 radical (unpaired) electrons. The van der Waals surface area contributed by atoms with Crippen LogP contribution >= 0.6 is 0 Å². The molecule has 0 saturated carbocycles. The fourth-order valence-corrected chi connectivity index (χ4v) is 3.11. The molecule has 1 unspecified atom stereocenters. The highest BCUT2D eigenvalue weighted by molar-refractivity contribution is 7.89. The number of hydrogen-bond acceptors (Lipinski definition) is 4. The van der Waals surface area contributed by atoms with E-state index in [1.54, 1.807) is 6.92 Å². The number of nitro groups is 1. The summed E-state index contributed by atoms with van der Waals surface area (Å²) in [5, 5.41) is 10.7. The zero-order chi connectivity index (χ0) is 15.5. The highest BCUT2D eigenvalue weighted by atomic mass is 32.2. The number of nitrogens with one attached hydrogen (secondary N) is 1. The third kappa shape index (κ3) is 3.53. The van der Waals surface area contributed by atoms with Crippen molar-refractivity contribution in [2.24, 2.45) is 0 Å². The van der Waals surface area contributed by atoms with Crippen LogP contribution < -0.4 is 4.72 Å². The van der Waals surface area contributed by atoms with Gasteiger partial charge < -0.3 is 0 Å². The summed E-state index contributed by atoms with van der Waals surface area (Å²) in [6.45, 7) is 2.91. The van der Waals surface area contributed by atoms with Crippen LogP contribution in [0.25, 0.3) is 0 Å². The van der Waals surface area contributed by atoms with Gasteiger partial charge in [0.15, 0.2) is 0 Å². The summed E-state index contributed by atoms with van der Waals surface area (Å²) < 4.78 is 39.9. The Hall–Kier alpha value is -1.98. The summed E-state index contributed by atoms with van der Waals surface area (Å²) in [6.07, 6.45) is 5.25. The lowest BCUT2D eigenvalue weighted by Gasteiger charge is -2.13. The van der Waals surface area contributed by atoms with Crippen LogP contribution in [0, 0.1) is 35.2 Å². The first kappa shape index (κ1) is 16.1. The van der Waals surface area contributed by atoms with E-state index in [-0.39, 0.29) is 16.9 Å². The van der Waals surface area contributed by atoms with Gasteiger partial charge >= 0.3 is 5.69 Å². The summed E-state index contributed by atoms with van der Waals surface area (Å²) in [4.78, 5) is 9.35. The van der Waals surface area contributed by atoms with Gasteiger partial charge in [0.05, 0.1) is 9.82 Å². The number of hydrogen-bond donors (Lipinski definition) is 1. The van der Waals surface area contributed by atoms with Crippen molar-refractivity contribution >= 4 is 15.7 Å². The van der Waals surface area contributed by atoms with E-state index < -0.39 is 32.5 Å². The van der Waals surface area contributed by atoms with Crippen LogP contribution in [0.15, 0.2) is 17.0 Å². The number of halogens is 1. The van der Waals surface area contributed by atoms with Crippen molar-refractivity contribution in [1.82, 2.24) is 4.72 Å². The minimum atomic E-state index is -4.00. The number of aryl methyl sites for hydroxylation is 1. The maximum Gasteiger partial charge on any atom is 0.306 e. The first-order valence-corrected chi connectivity index (χ1v) is 7.07.